The van der Waals surface area contributed by atoms with Crippen LogP contribution in [0.2, 0.25) is 5.02 Å². The van der Waals surface area contributed by atoms with Crippen LogP contribution >= 0.6 is 43.5 Å². The molecule has 0 fully saturated rings. The zero-order valence-electron chi connectivity index (χ0n) is 10.8. The van der Waals surface area contributed by atoms with E-state index in [1.165, 1.54) is 17.7 Å². The number of rotatable bonds is 5. The maximum Gasteiger partial charge on any atom is 0.123 e. The van der Waals surface area contributed by atoms with Gasteiger partial charge in [0.25, 0.3) is 0 Å². The molecular weight excluding hydrogens is 406 g/mol. The molecule has 0 N–H and O–H groups in total. The summed E-state index contributed by atoms with van der Waals surface area (Å²) in [7, 11) is 0. The van der Waals surface area contributed by atoms with Gasteiger partial charge in [-0.2, -0.15) is 0 Å². The van der Waals surface area contributed by atoms with Gasteiger partial charge in [-0.1, -0.05) is 67.7 Å². The highest BCUT2D eigenvalue weighted by molar-refractivity contribution is 9.09. The number of hydrogen-bond acceptors (Lipinski definition) is 0. The molecule has 0 unspecified atom stereocenters. The molecule has 0 bridgehead atoms. The predicted octanol–water partition coefficient (Wildman–Crippen LogP) is 5.75. The third-order valence-electron chi connectivity index (χ3n) is 3.40. The monoisotopic (exact) mass is 418 g/mol. The van der Waals surface area contributed by atoms with Gasteiger partial charge >= 0.3 is 0 Å². The summed E-state index contributed by atoms with van der Waals surface area (Å²) in [6.45, 7) is 0. The molecule has 0 aliphatic rings. The summed E-state index contributed by atoms with van der Waals surface area (Å²) in [5.74, 6) is -0.213. The molecule has 0 amide bonds. The van der Waals surface area contributed by atoms with Crippen LogP contribution in [-0.2, 0) is 11.8 Å². The van der Waals surface area contributed by atoms with E-state index in [0.29, 0.717) is 0 Å². The zero-order valence-corrected chi connectivity index (χ0v) is 14.7. The van der Waals surface area contributed by atoms with Crippen LogP contribution in [0.25, 0.3) is 0 Å². The fourth-order valence-corrected chi connectivity index (χ4v) is 4.41. The molecule has 0 aliphatic heterocycles. The van der Waals surface area contributed by atoms with E-state index in [0.717, 1.165) is 27.7 Å². The van der Waals surface area contributed by atoms with Crippen LogP contribution in [0.5, 0.6) is 0 Å². The van der Waals surface area contributed by atoms with Crippen molar-refractivity contribution < 1.29 is 4.39 Å². The summed E-state index contributed by atoms with van der Waals surface area (Å²) in [5, 5.41) is 2.30. The molecule has 106 valence electrons. The van der Waals surface area contributed by atoms with E-state index >= 15 is 0 Å². The summed E-state index contributed by atoms with van der Waals surface area (Å²) in [4.78, 5) is 0. The summed E-state index contributed by atoms with van der Waals surface area (Å²) in [6, 6.07) is 14.6. The van der Waals surface area contributed by atoms with Crippen molar-refractivity contribution in [3.63, 3.8) is 0 Å². The number of benzene rings is 2. The molecule has 0 spiro atoms. The van der Waals surface area contributed by atoms with E-state index in [2.05, 4.69) is 37.9 Å². The largest absolute Gasteiger partial charge is 0.207 e. The molecule has 0 saturated carbocycles. The van der Waals surface area contributed by atoms with Crippen molar-refractivity contribution in [3.8, 4) is 0 Å². The molecule has 0 saturated heterocycles. The summed E-state index contributed by atoms with van der Waals surface area (Å²) in [5.41, 5.74) is 2.15. The number of hydrogen-bond donors (Lipinski definition) is 0. The summed E-state index contributed by atoms with van der Waals surface area (Å²) in [6.07, 6.45) is 0.829. The van der Waals surface area contributed by atoms with E-state index in [1.54, 1.807) is 0 Å². The van der Waals surface area contributed by atoms with Crippen molar-refractivity contribution in [2.45, 2.75) is 11.8 Å². The highest BCUT2D eigenvalue weighted by Crippen LogP contribution is 2.33. The minimum Gasteiger partial charge on any atom is -0.207 e. The lowest BCUT2D eigenvalue weighted by Crippen LogP contribution is -2.33. The smallest absolute Gasteiger partial charge is 0.123 e. The minimum atomic E-state index is -0.213. The van der Waals surface area contributed by atoms with Gasteiger partial charge in [-0.3, -0.25) is 0 Å². The first-order chi connectivity index (χ1) is 9.59. The Balaban J connectivity index is 2.36. The van der Waals surface area contributed by atoms with E-state index in [-0.39, 0.29) is 11.2 Å². The Morgan fingerprint density at radius 1 is 1.00 bits per heavy atom. The topological polar surface area (TPSA) is 0 Å². The van der Waals surface area contributed by atoms with Gasteiger partial charge in [0.2, 0.25) is 0 Å². The third kappa shape index (κ3) is 3.63. The van der Waals surface area contributed by atoms with Crippen LogP contribution in [0.4, 0.5) is 4.39 Å². The van der Waals surface area contributed by atoms with E-state index in [1.807, 2.05) is 30.3 Å². The Hall–Kier alpha value is -0.380. The van der Waals surface area contributed by atoms with Crippen molar-refractivity contribution in [2.24, 2.45) is 0 Å². The van der Waals surface area contributed by atoms with Gasteiger partial charge < -0.3 is 0 Å². The fraction of sp³-hybridized carbons (Fsp3) is 0.250. The lowest BCUT2D eigenvalue weighted by atomic mass is 9.79. The van der Waals surface area contributed by atoms with Gasteiger partial charge in [0, 0.05) is 21.1 Å². The predicted molar refractivity (Wildman–Crippen MR) is 90.8 cm³/mol. The minimum absolute atomic E-state index is 0.127. The SMILES string of the molecule is Fc1ccc(C(CBr)(CBr)Cc2cccc(Cl)c2)cc1. The van der Waals surface area contributed by atoms with Crippen molar-refractivity contribution >= 4 is 43.5 Å². The first-order valence-electron chi connectivity index (χ1n) is 6.22. The first kappa shape index (κ1) is 16.0. The Morgan fingerprint density at radius 2 is 1.65 bits per heavy atom. The van der Waals surface area contributed by atoms with Gasteiger partial charge in [0.15, 0.2) is 0 Å². The maximum absolute atomic E-state index is 13.1. The second-order valence-corrected chi connectivity index (χ2v) is 6.42. The van der Waals surface area contributed by atoms with E-state index in [9.17, 15) is 4.39 Å². The lowest BCUT2D eigenvalue weighted by molar-refractivity contribution is 0.547. The third-order valence-corrected chi connectivity index (χ3v) is 5.78. The van der Waals surface area contributed by atoms with Crippen molar-refractivity contribution in [1.29, 1.82) is 0 Å². The average molecular weight is 421 g/mol. The maximum atomic E-state index is 13.1. The van der Waals surface area contributed by atoms with E-state index in [4.69, 9.17) is 11.6 Å². The molecular formula is C16H14Br2ClF. The highest BCUT2D eigenvalue weighted by atomic mass is 79.9. The molecule has 0 nitrogen and oxygen atoms in total. The molecule has 0 aliphatic carbocycles. The van der Waals surface area contributed by atoms with E-state index < -0.39 is 0 Å². The number of halogens is 4. The van der Waals surface area contributed by atoms with Crippen LogP contribution in [0.15, 0.2) is 48.5 Å². The Labute approximate surface area is 140 Å². The van der Waals surface area contributed by atoms with Gasteiger partial charge in [0.05, 0.1) is 0 Å². The molecule has 0 aromatic heterocycles. The fourth-order valence-electron chi connectivity index (χ4n) is 2.23. The summed E-state index contributed by atoms with van der Waals surface area (Å²) < 4.78 is 13.1. The molecule has 0 radical (unpaired) electrons. The van der Waals surface area contributed by atoms with Gasteiger partial charge in [-0.25, -0.2) is 4.39 Å². The molecule has 2 aromatic rings. The molecule has 2 rings (SSSR count). The van der Waals surface area contributed by atoms with Crippen LogP contribution in [0, 0.1) is 5.82 Å². The van der Waals surface area contributed by atoms with Crippen molar-refractivity contribution in [3.05, 3.63) is 70.5 Å². The normalized spacial score (nSPS) is 11.6. The standard InChI is InChI=1S/C16H14Br2ClF/c17-10-16(11-18,13-4-6-15(20)7-5-13)9-12-2-1-3-14(19)8-12/h1-8H,9-11H2. The van der Waals surface area contributed by atoms with Crippen LogP contribution in [0.1, 0.15) is 11.1 Å². The quantitative estimate of drug-likeness (QED) is 0.541. The molecule has 0 heterocycles. The molecule has 0 atom stereocenters. The van der Waals surface area contributed by atoms with Crippen LogP contribution in [-0.4, -0.2) is 10.7 Å². The molecule has 2 aromatic carbocycles. The Bertz CT molecular complexity index is 565. The van der Waals surface area contributed by atoms with Crippen molar-refractivity contribution in [1.82, 2.24) is 0 Å². The lowest BCUT2D eigenvalue weighted by Gasteiger charge is -2.31. The molecule has 20 heavy (non-hydrogen) atoms. The van der Waals surface area contributed by atoms with Gasteiger partial charge in [-0.05, 0) is 41.8 Å². The van der Waals surface area contributed by atoms with Crippen LogP contribution < -0.4 is 0 Å². The van der Waals surface area contributed by atoms with Gasteiger partial charge in [-0.15, -0.1) is 0 Å². The molecule has 4 heteroatoms. The first-order valence-corrected chi connectivity index (χ1v) is 8.84. The highest BCUT2D eigenvalue weighted by Gasteiger charge is 2.30. The second-order valence-electron chi connectivity index (χ2n) is 4.86. The Kier molecular flexibility index (Phi) is 5.65. The van der Waals surface area contributed by atoms with Crippen molar-refractivity contribution in [2.75, 3.05) is 10.7 Å². The Morgan fingerprint density at radius 3 is 2.20 bits per heavy atom. The summed E-state index contributed by atoms with van der Waals surface area (Å²) >= 11 is 13.3. The van der Waals surface area contributed by atoms with Gasteiger partial charge in [0.1, 0.15) is 5.82 Å². The zero-order chi connectivity index (χ0) is 14.6. The average Bonchev–Trinajstić information content (AvgIpc) is 2.46. The number of alkyl halides is 2. The van der Waals surface area contributed by atoms with Crippen LogP contribution in [0.3, 0.4) is 0 Å². The second kappa shape index (κ2) is 7.06.